The van der Waals surface area contributed by atoms with E-state index in [9.17, 15) is 0 Å². The van der Waals surface area contributed by atoms with E-state index in [0.29, 0.717) is 0 Å². The van der Waals surface area contributed by atoms with Crippen molar-refractivity contribution in [2.45, 2.75) is 6.04 Å². The molecule has 1 rings (SSSR count). The lowest BCUT2D eigenvalue weighted by atomic mass is 10.1. The van der Waals surface area contributed by atoms with Crippen molar-refractivity contribution < 1.29 is 10.2 Å². The molecule has 1 aromatic carbocycles. The van der Waals surface area contributed by atoms with Crippen molar-refractivity contribution in [2.24, 2.45) is 5.73 Å². The van der Waals surface area contributed by atoms with Gasteiger partial charge in [-0.2, -0.15) is 0 Å². The third kappa shape index (κ3) is 2.70. The molecule has 1 unspecified atom stereocenters. The van der Waals surface area contributed by atoms with Crippen molar-refractivity contribution in [3.05, 3.63) is 29.8 Å². The Morgan fingerprint density at radius 2 is 1.75 bits per heavy atom. The van der Waals surface area contributed by atoms with Gasteiger partial charge >= 0.3 is 0 Å². The third-order valence-corrected chi connectivity index (χ3v) is 1.52. The van der Waals surface area contributed by atoms with Crippen LogP contribution in [0.1, 0.15) is 11.6 Å². The SMILES string of the molecule is Cl.NC(CO)c1ccc(O)cc1. The van der Waals surface area contributed by atoms with Crippen LogP contribution in [0.2, 0.25) is 0 Å². The lowest BCUT2D eigenvalue weighted by Gasteiger charge is -2.07. The average Bonchev–Trinajstić information content (AvgIpc) is 2.05. The Balaban J connectivity index is 0.00000121. The number of hydrogen-bond donors (Lipinski definition) is 3. The summed E-state index contributed by atoms with van der Waals surface area (Å²) in [4.78, 5) is 0. The predicted molar refractivity (Wildman–Crippen MR) is 49.4 cm³/mol. The van der Waals surface area contributed by atoms with E-state index in [2.05, 4.69) is 0 Å². The zero-order valence-corrected chi connectivity index (χ0v) is 7.29. The van der Waals surface area contributed by atoms with E-state index in [1.165, 1.54) is 0 Å². The van der Waals surface area contributed by atoms with Gasteiger partial charge in [0.15, 0.2) is 0 Å². The molecule has 4 N–H and O–H groups in total. The van der Waals surface area contributed by atoms with E-state index < -0.39 is 0 Å². The number of hydrogen-bond acceptors (Lipinski definition) is 3. The Labute approximate surface area is 77.2 Å². The summed E-state index contributed by atoms with van der Waals surface area (Å²) >= 11 is 0. The maximum Gasteiger partial charge on any atom is 0.115 e. The summed E-state index contributed by atoms with van der Waals surface area (Å²) in [7, 11) is 0. The molecule has 0 spiro atoms. The first kappa shape index (κ1) is 11.2. The van der Waals surface area contributed by atoms with E-state index in [4.69, 9.17) is 15.9 Å². The van der Waals surface area contributed by atoms with E-state index >= 15 is 0 Å². The lowest BCUT2D eigenvalue weighted by molar-refractivity contribution is 0.268. The highest BCUT2D eigenvalue weighted by atomic mass is 35.5. The molecule has 0 heterocycles. The summed E-state index contributed by atoms with van der Waals surface area (Å²) in [6, 6.07) is 6.12. The molecule has 0 saturated heterocycles. The van der Waals surface area contributed by atoms with Gasteiger partial charge in [0, 0.05) is 0 Å². The van der Waals surface area contributed by atoms with Crippen LogP contribution >= 0.6 is 12.4 Å². The maximum atomic E-state index is 8.91. The molecule has 12 heavy (non-hydrogen) atoms. The highest BCUT2D eigenvalue weighted by Crippen LogP contribution is 2.14. The number of nitrogens with two attached hydrogens (primary N) is 1. The molecule has 0 bridgehead atoms. The minimum atomic E-state index is -0.351. The number of halogens is 1. The molecular formula is C8H12ClNO2. The lowest BCUT2D eigenvalue weighted by Crippen LogP contribution is -2.13. The first-order valence-corrected chi connectivity index (χ1v) is 3.39. The fourth-order valence-corrected chi connectivity index (χ4v) is 0.827. The number of phenols is 1. The first-order chi connectivity index (χ1) is 5.24. The third-order valence-electron chi connectivity index (χ3n) is 1.52. The quantitative estimate of drug-likeness (QED) is 0.645. The second-order valence-corrected chi connectivity index (χ2v) is 2.38. The molecule has 0 fully saturated rings. The Morgan fingerprint density at radius 3 is 2.17 bits per heavy atom. The van der Waals surface area contributed by atoms with Crippen LogP contribution in [0, 0.1) is 0 Å². The summed E-state index contributed by atoms with van der Waals surface area (Å²) in [6.45, 7) is -0.0786. The van der Waals surface area contributed by atoms with Crippen molar-refractivity contribution in [2.75, 3.05) is 6.61 Å². The average molecular weight is 190 g/mol. The van der Waals surface area contributed by atoms with E-state index in [1.807, 2.05) is 0 Å². The molecule has 3 nitrogen and oxygen atoms in total. The van der Waals surface area contributed by atoms with Crippen LogP contribution in [0.25, 0.3) is 0 Å². The van der Waals surface area contributed by atoms with E-state index in [1.54, 1.807) is 24.3 Å². The summed E-state index contributed by atoms with van der Waals surface area (Å²) in [5.41, 5.74) is 6.34. The summed E-state index contributed by atoms with van der Waals surface area (Å²) < 4.78 is 0. The molecule has 1 aromatic rings. The fourth-order valence-electron chi connectivity index (χ4n) is 0.827. The van der Waals surface area contributed by atoms with Gasteiger partial charge in [-0.3, -0.25) is 0 Å². The summed E-state index contributed by atoms with van der Waals surface area (Å²) in [5.74, 6) is 0.207. The second kappa shape index (κ2) is 4.98. The zero-order chi connectivity index (χ0) is 8.27. The molecule has 4 heteroatoms. The van der Waals surface area contributed by atoms with Gasteiger partial charge in [0.2, 0.25) is 0 Å². The number of aliphatic hydroxyl groups is 1. The Bertz CT molecular complexity index is 225. The number of phenolic OH excluding ortho intramolecular Hbond substituents is 1. The predicted octanol–water partition coefficient (Wildman–Crippen LogP) is 0.806. The second-order valence-electron chi connectivity index (χ2n) is 2.38. The van der Waals surface area contributed by atoms with Crippen molar-refractivity contribution in [1.29, 1.82) is 0 Å². The van der Waals surface area contributed by atoms with Crippen LogP contribution < -0.4 is 5.73 Å². The van der Waals surface area contributed by atoms with Gasteiger partial charge in [-0.1, -0.05) is 12.1 Å². The monoisotopic (exact) mass is 189 g/mol. The van der Waals surface area contributed by atoms with Crippen molar-refractivity contribution in [1.82, 2.24) is 0 Å². The van der Waals surface area contributed by atoms with Gasteiger partial charge in [-0.25, -0.2) is 0 Å². The van der Waals surface area contributed by atoms with Gasteiger partial charge in [-0.15, -0.1) is 12.4 Å². The molecule has 0 amide bonds. The van der Waals surface area contributed by atoms with Gasteiger partial charge in [0.1, 0.15) is 5.75 Å². The minimum Gasteiger partial charge on any atom is -0.508 e. The van der Waals surface area contributed by atoms with E-state index in [-0.39, 0.29) is 30.8 Å². The maximum absolute atomic E-state index is 8.91. The standard InChI is InChI=1S/C8H11NO2.ClH/c9-8(5-10)6-1-3-7(11)4-2-6;/h1-4,8,10-11H,5,9H2;1H. The van der Waals surface area contributed by atoms with Crippen LogP contribution in [-0.2, 0) is 0 Å². The smallest absolute Gasteiger partial charge is 0.115 e. The molecule has 0 radical (unpaired) electrons. The van der Waals surface area contributed by atoms with Crippen LogP contribution in [-0.4, -0.2) is 16.8 Å². The number of aliphatic hydroxyl groups excluding tert-OH is 1. The number of rotatable bonds is 2. The normalized spacial score (nSPS) is 11.8. The van der Waals surface area contributed by atoms with Crippen molar-refractivity contribution >= 4 is 12.4 Å². The van der Waals surface area contributed by atoms with Gasteiger partial charge in [-0.05, 0) is 17.7 Å². The number of benzene rings is 1. The van der Waals surface area contributed by atoms with Crippen molar-refractivity contribution in [3.63, 3.8) is 0 Å². The molecule has 0 aliphatic rings. The molecule has 0 aliphatic carbocycles. The summed E-state index contributed by atoms with van der Waals surface area (Å²) in [5, 5.41) is 17.6. The van der Waals surface area contributed by atoms with Crippen LogP contribution in [0.5, 0.6) is 5.75 Å². The fraction of sp³-hybridized carbons (Fsp3) is 0.250. The summed E-state index contributed by atoms with van der Waals surface area (Å²) in [6.07, 6.45) is 0. The first-order valence-electron chi connectivity index (χ1n) is 3.39. The highest BCUT2D eigenvalue weighted by molar-refractivity contribution is 5.85. The number of aromatic hydroxyl groups is 1. The van der Waals surface area contributed by atoms with Crippen molar-refractivity contribution in [3.8, 4) is 5.75 Å². The Morgan fingerprint density at radius 1 is 1.25 bits per heavy atom. The molecule has 1 atom stereocenters. The van der Waals surface area contributed by atoms with Gasteiger partial charge in [0.25, 0.3) is 0 Å². The zero-order valence-electron chi connectivity index (χ0n) is 6.47. The molecular weight excluding hydrogens is 178 g/mol. The van der Waals surface area contributed by atoms with Crippen LogP contribution in [0.15, 0.2) is 24.3 Å². The van der Waals surface area contributed by atoms with Gasteiger partial charge < -0.3 is 15.9 Å². The molecule has 0 saturated carbocycles. The molecule has 0 aliphatic heterocycles. The Kier molecular flexibility index (Phi) is 4.66. The molecule has 68 valence electrons. The van der Waals surface area contributed by atoms with Gasteiger partial charge in [0.05, 0.1) is 12.6 Å². The molecule has 0 aromatic heterocycles. The van der Waals surface area contributed by atoms with Crippen LogP contribution in [0.4, 0.5) is 0 Å². The Hall–Kier alpha value is -0.770. The topological polar surface area (TPSA) is 66.5 Å². The highest BCUT2D eigenvalue weighted by Gasteiger charge is 2.02. The largest absolute Gasteiger partial charge is 0.508 e. The van der Waals surface area contributed by atoms with Crippen LogP contribution in [0.3, 0.4) is 0 Å². The van der Waals surface area contributed by atoms with E-state index in [0.717, 1.165) is 5.56 Å². The minimum absolute atomic E-state index is 0.